The lowest BCUT2D eigenvalue weighted by atomic mass is 9.80. The van der Waals surface area contributed by atoms with Crippen molar-refractivity contribution < 1.29 is 14.3 Å². The molecule has 0 N–H and O–H groups in total. The van der Waals surface area contributed by atoms with Gasteiger partial charge in [0.2, 0.25) is 0 Å². The molecule has 1 saturated carbocycles. The molecule has 3 unspecified atom stereocenters. The summed E-state index contributed by atoms with van der Waals surface area (Å²) in [7, 11) is 0. The highest BCUT2D eigenvalue weighted by Gasteiger charge is 2.39. The first-order chi connectivity index (χ1) is 6.72. The minimum atomic E-state index is -0.157. The smallest absolute Gasteiger partial charge is 0.176 e. The second-order valence-electron chi connectivity index (χ2n) is 3.75. The van der Waals surface area contributed by atoms with E-state index in [-0.39, 0.29) is 28.8 Å². The molecule has 0 spiro atoms. The van der Waals surface area contributed by atoms with Crippen LogP contribution in [0.5, 0.6) is 0 Å². The van der Waals surface area contributed by atoms with Gasteiger partial charge in [0.05, 0.1) is 17.8 Å². The zero-order valence-electron chi connectivity index (χ0n) is 7.61. The first-order valence-corrected chi connectivity index (χ1v) is 5.15. The fraction of sp³-hybridized carbons (Fsp3) is 0.600. The monoisotopic (exact) mass is 214 g/mol. The fourth-order valence-electron chi connectivity index (χ4n) is 2.05. The van der Waals surface area contributed by atoms with E-state index in [4.69, 9.17) is 16.3 Å². The second-order valence-corrected chi connectivity index (χ2v) is 4.36. The largest absolute Gasteiger partial charge is 0.496 e. The number of halogens is 1. The Bertz CT molecular complexity index is 298. The number of ketones is 1. The van der Waals surface area contributed by atoms with E-state index >= 15 is 0 Å². The third-order valence-corrected chi connectivity index (χ3v) is 3.24. The van der Waals surface area contributed by atoms with Crippen LogP contribution in [0.15, 0.2) is 11.8 Å². The maximum Gasteiger partial charge on any atom is 0.176 e. The van der Waals surface area contributed by atoms with Crippen molar-refractivity contribution in [1.29, 1.82) is 0 Å². The maximum atomic E-state index is 11.7. The Labute approximate surface area is 87.1 Å². The molecule has 1 aliphatic carbocycles. The zero-order valence-corrected chi connectivity index (χ0v) is 8.37. The van der Waals surface area contributed by atoms with E-state index in [2.05, 4.69) is 0 Å². The van der Waals surface area contributed by atoms with Gasteiger partial charge in [-0.25, -0.2) is 0 Å². The van der Waals surface area contributed by atoms with E-state index in [1.165, 1.54) is 6.26 Å². The fourth-order valence-corrected chi connectivity index (χ4v) is 2.35. The van der Waals surface area contributed by atoms with Crippen LogP contribution in [-0.4, -0.2) is 23.6 Å². The minimum absolute atomic E-state index is 0.0835. The third kappa shape index (κ3) is 1.57. The normalized spacial score (nSPS) is 36.8. The molecule has 0 aromatic heterocycles. The van der Waals surface area contributed by atoms with Crippen LogP contribution in [0, 0.1) is 5.92 Å². The highest BCUT2D eigenvalue weighted by molar-refractivity contribution is 6.21. The van der Waals surface area contributed by atoms with Gasteiger partial charge in [-0.3, -0.25) is 9.59 Å². The van der Waals surface area contributed by atoms with Gasteiger partial charge in [-0.1, -0.05) is 0 Å². The summed E-state index contributed by atoms with van der Waals surface area (Å²) in [4.78, 5) is 22.2. The van der Waals surface area contributed by atoms with Crippen LogP contribution >= 0.6 is 11.6 Å². The number of allylic oxidation sites excluding steroid dienone is 1. The average Bonchev–Trinajstić information content (AvgIpc) is 2.18. The molecule has 0 radical (unpaired) electrons. The summed E-state index contributed by atoms with van der Waals surface area (Å²) in [6, 6.07) is 0. The number of hydrogen-bond donors (Lipinski definition) is 0. The number of alkyl halides is 1. The predicted molar refractivity (Wildman–Crippen MR) is 51.0 cm³/mol. The summed E-state index contributed by atoms with van der Waals surface area (Å²) < 4.78 is 5.33. The van der Waals surface area contributed by atoms with E-state index in [1.54, 1.807) is 0 Å². The number of ether oxygens (including phenoxy) is 1. The molecule has 0 amide bonds. The van der Waals surface area contributed by atoms with Crippen molar-refractivity contribution in [2.75, 3.05) is 0 Å². The zero-order chi connectivity index (χ0) is 10.1. The molecule has 2 rings (SSSR count). The molecule has 0 saturated heterocycles. The molecule has 0 aromatic carbocycles. The van der Waals surface area contributed by atoms with E-state index in [9.17, 15) is 9.59 Å². The number of aldehydes is 1. The van der Waals surface area contributed by atoms with Gasteiger partial charge in [-0.05, 0) is 12.8 Å². The molecule has 1 heterocycles. The Morgan fingerprint density at radius 3 is 3.00 bits per heavy atom. The van der Waals surface area contributed by atoms with Crippen LogP contribution < -0.4 is 0 Å². The van der Waals surface area contributed by atoms with Crippen LogP contribution in [0.2, 0.25) is 0 Å². The lowest BCUT2D eigenvalue weighted by Gasteiger charge is -2.34. The van der Waals surface area contributed by atoms with Gasteiger partial charge in [-0.2, -0.15) is 0 Å². The number of hydrogen-bond acceptors (Lipinski definition) is 3. The summed E-state index contributed by atoms with van der Waals surface area (Å²) in [5.41, 5.74) is 0.152. The van der Waals surface area contributed by atoms with E-state index in [0.29, 0.717) is 12.7 Å². The molecular weight excluding hydrogens is 204 g/mol. The lowest BCUT2D eigenvalue weighted by molar-refractivity contribution is -0.128. The third-order valence-electron chi connectivity index (χ3n) is 2.85. The average molecular weight is 215 g/mol. The van der Waals surface area contributed by atoms with Crippen molar-refractivity contribution in [3.05, 3.63) is 11.8 Å². The van der Waals surface area contributed by atoms with Gasteiger partial charge in [0.15, 0.2) is 12.1 Å². The van der Waals surface area contributed by atoms with Crippen LogP contribution in [0.3, 0.4) is 0 Å². The van der Waals surface area contributed by atoms with Crippen molar-refractivity contribution in [1.82, 2.24) is 0 Å². The van der Waals surface area contributed by atoms with Crippen molar-refractivity contribution in [3.63, 3.8) is 0 Å². The van der Waals surface area contributed by atoms with E-state index in [1.807, 2.05) is 0 Å². The molecule has 2 aliphatic rings. The minimum Gasteiger partial charge on any atom is -0.496 e. The summed E-state index contributed by atoms with van der Waals surface area (Å²) in [5.74, 6) is -0.241. The van der Waals surface area contributed by atoms with Crippen LogP contribution in [0.25, 0.3) is 0 Å². The van der Waals surface area contributed by atoms with Crippen molar-refractivity contribution in [2.24, 2.45) is 5.92 Å². The number of rotatable bonds is 1. The highest BCUT2D eigenvalue weighted by Crippen LogP contribution is 2.34. The summed E-state index contributed by atoms with van der Waals surface area (Å²) >= 11 is 5.97. The van der Waals surface area contributed by atoms with Crippen LogP contribution in [-0.2, 0) is 14.3 Å². The molecule has 3 atom stereocenters. The van der Waals surface area contributed by atoms with Crippen LogP contribution in [0.1, 0.15) is 19.3 Å². The molecule has 1 aliphatic heterocycles. The Hall–Kier alpha value is -0.830. The van der Waals surface area contributed by atoms with Crippen molar-refractivity contribution in [2.45, 2.75) is 30.7 Å². The SMILES string of the molecule is O=CC1=COC2CC(Cl)CCC2C1=O. The summed E-state index contributed by atoms with van der Waals surface area (Å²) in [6.07, 6.45) is 3.95. The van der Waals surface area contributed by atoms with Crippen molar-refractivity contribution in [3.8, 4) is 0 Å². The van der Waals surface area contributed by atoms with Gasteiger partial charge in [0.25, 0.3) is 0 Å². The maximum absolute atomic E-state index is 11.7. The van der Waals surface area contributed by atoms with Gasteiger partial charge in [0.1, 0.15) is 6.10 Å². The van der Waals surface area contributed by atoms with E-state index in [0.717, 1.165) is 12.8 Å². The molecule has 76 valence electrons. The first-order valence-electron chi connectivity index (χ1n) is 4.71. The molecule has 0 aromatic rings. The Kier molecular flexibility index (Phi) is 2.59. The molecule has 1 fully saturated rings. The molecule has 4 heteroatoms. The number of fused-ring (bicyclic) bond motifs is 1. The molecule has 3 nitrogen and oxygen atoms in total. The molecule has 0 bridgehead atoms. The van der Waals surface area contributed by atoms with Gasteiger partial charge < -0.3 is 4.74 Å². The Morgan fingerprint density at radius 2 is 2.29 bits per heavy atom. The quantitative estimate of drug-likeness (QED) is 0.377. The van der Waals surface area contributed by atoms with Crippen molar-refractivity contribution >= 4 is 23.7 Å². The summed E-state index contributed by atoms with van der Waals surface area (Å²) in [6.45, 7) is 0. The predicted octanol–water partition coefficient (Wildman–Crippen LogP) is 1.44. The Balaban J connectivity index is 2.18. The topological polar surface area (TPSA) is 43.4 Å². The van der Waals surface area contributed by atoms with Gasteiger partial charge >= 0.3 is 0 Å². The van der Waals surface area contributed by atoms with E-state index < -0.39 is 0 Å². The Morgan fingerprint density at radius 1 is 1.50 bits per heavy atom. The standard InChI is InChI=1S/C10H11ClO3/c11-7-1-2-8-9(3-7)14-5-6(4-12)10(8)13/h4-5,7-9H,1-3H2. The number of carbonyl (C=O) groups is 2. The molecule has 14 heavy (non-hydrogen) atoms. The highest BCUT2D eigenvalue weighted by atomic mass is 35.5. The summed E-state index contributed by atoms with van der Waals surface area (Å²) in [5, 5.41) is 0.0928. The first kappa shape index (κ1) is 9.71. The number of carbonyl (C=O) groups excluding carboxylic acids is 2. The van der Waals surface area contributed by atoms with Crippen LogP contribution in [0.4, 0.5) is 0 Å². The lowest BCUT2D eigenvalue weighted by Crippen LogP contribution is -2.40. The molecular formula is C10H11ClO3. The van der Waals surface area contributed by atoms with Gasteiger partial charge in [-0.15, -0.1) is 11.6 Å². The number of Topliss-reactive ketones (excluding diaryl/α,β-unsaturated/α-hetero) is 1. The van der Waals surface area contributed by atoms with Gasteiger partial charge in [0, 0.05) is 11.8 Å². The second kappa shape index (κ2) is 3.73.